The average Bonchev–Trinajstić information content (AvgIpc) is 2.81. The molecule has 4 nitrogen and oxygen atoms in total. The van der Waals surface area contributed by atoms with Crippen LogP contribution in [-0.2, 0) is 20.1 Å². The van der Waals surface area contributed by atoms with E-state index in [1.807, 2.05) is 50.5 Å². The van der Waals surface area contributed by atoms with Gasteiger partial charge in [0.15, 0.2) is 0 Å². The van der Waals surface area contributed by atoms with Gasteiger partial charge in [-0.15, -0.1) is 0 Å². The summed E-state index contributed by atoms with van der Waals surface area (Å²) in [6.45, 7) is 2.29. The highest BCUT2D eigenvalue weighted by Crippen LogP contribution is 2.15. The van der Waals surface area contributed by atoms with Crippen LogP contribution in [0.1, 0.15) is 24.6 Å². The van der Waals surface area contributed by atoms with Crippen molar-refractivity contribution >= 4 is 0 Å². The van der Waals surface area contributed by atoms with Crippen LogP contribution >= 0.6 is 0 Å². The third-order valence-corrected chi connectivity index (χ3v) is 2.93. The van der Waals surface area contributed by atoms with Gasteiger partial charge in [0.25, 0.3) is 0 Å². The van der Waals surface area contributed by atoms with Crippen molar-refractivity contribution in [3.05, 3.63) is 47.8 Å². The van der Waals surface area contributed by atoms with Gasteiger partial charge in [0.05, 0.1) is 11.8 Å². The summed E-state index contributed by atoms with van der Waals surface area (Å²) >= 11 is 0. The number of rotatable bonds is 6. The van der Waals surface area contributed by atoms with Crippen molar-refractivity contribution < 1.29 is 9.84 Å². The molecule has 1 N–H and O–H groups in total. The first-order chi connectivity index (χ1) is 9.13. The Bertz CT molecular complexity index is 503. The zero-order valence-electron chi connectivity index (χ0n) is 11.4. The molecule has 0 aliphatic rings. The topological polar surface area (TPSA) is 47.3 Å². The Kier molecular flexibility index (Phi) is 4.58. The predicted molar refractivity (Wildman–Crippen MR) is 74.0 cm³/mol. The Balaban J connectivity index is 1.84. The molecule has 0 amide bonds. The zero-order chi connectivity index (χ0) is 13.7. The minimum atomic E-state index is -0.250. The van der Waals surface area contributed by atoms with E-state index >= 15 is 0 Å². The number of ether oxygens (including phenoxy) is 1. The van der Waals surface area contributed by atoms with Gasteiger partial charge in [-0.05, 0) is 43.5 Å². The zero-order valence-corrected chi connectivity index (χ0v) is 11.4. The molecule has 2 rings (SSSR count). The van der Waals surface area contributed by atoms with Crippen molar-refractivity contribution in [3.63, 3.8) is 0 Å². The lowest BCUT2D eigenvalue weighted by molar-refractivity contribution is 0.185. The van der Waals surface area contributed by atoms with Crippen LogP contribution in [0.5, 0.6) is 5.75 Å². The minimum Gasteiger partial charge on any atom is -0.487 e. The summed E-state index contributed by atoms with van der Waals surface area (Å²) in [4.78, 5) is 0. The van der Waals surface area contributed by atoms with Crippen molar-refractivity contribution in [1.29, 1.82) is 0 Å². The van der Waals surface area contributed by atoms with Crippen molar-refractivity contribution in [2.75, 3.05) is 0 Å². The van der Waals surface area contributed by atoms with Crippen LogP contribution in [0.4, 0.5) is 0 Å². The van der Waals surface area contributed by atoms with Gasteiger partial charge in [-0.25, -0.2) is 0 Å². The Labute approximate surface area is 113 Å². The largest absolute Gasteiger partial charge is 0.487 e. The van der Waals surface area contributed by atoms with Gasteiger partial charge in [-0.3, -0.25) is 4.68 Å². The Morgan fingerprint density at radius 1 is 1.26 bits per heavy atom. The number of benzene rings is 1. The number of aryl methyl sites for hydroxylation is 2. The Morgan fingerprint density at radius 2 is 2.00 bits per heavy atom. The van der Waals surface area contributed by atoms with Crippen molar-refractivity contribution in [1.82, 2.24) is 9.78 Å². The molecular weight excluding hydrogens is 240 g/mol. The minimum absolute atomic E-state index is 0.250. The first kappa shape index (κ1) is 13.6. The van der Waals surface area contributed by atoms with E-state index in [0.717, 1.165) is 24.3 Å². The number of aliphatic hydroxyl groups excluding tert-OH is 1. The van der Waals surface area contributed by atoms with Gasteiger partial charge < -0.3 is 9.84 Å². The fraction of sp³-hybridized carbons (Fsp3) is 0.400. The molecule has 0 fully saturated rings. The summed E-state index contributed by atoms with van der Waals surface area (Å²) in [5.74, 6) is 0.839. The van der Waals surface area contributed by atoms with Crippen LogP contribution in [-0.4, -0.2) is 21.0 Å². The third kappa shape index (κ3) is 4.41. The summed E-state index contributed by atoms with van der Waals surface area (Å²) in [7, 11) is 1.89. The van der Waals surface area contributed by atoms with Gasteiger partial charge >= 0.3 is 0 Å². The summed E-state index contributed by atoms with van der Waals surface area (Å²) < 4.78 is 7.42. The van der Waals surface area contributed by atoms with Gasteiger partial charge in [0, 0.05) is 13.2 Å². The molecule has 0 bridgehead atoms. The molecule has 1 heterocycles. The van der Waals surface area contributed by atoms with Crippen LogP contribution in [0, 0.1) is 0 Å². The molecule has 0 aliphatic carbocycles. The van der Waals surface area contributed by atoms with Crippen LogP contribution in [0.2, 0.25) is 0 Å². The maximum Gasteiger partial charge on any atom is 0.132 e. The SMILES string of the molecule is CC(O)CCc1ccc(OCc2ccn(C)n2)cc1. The molecule has 1 aromatic heterocycles. The van der Waals surface area contributed by atoms with E-state index in [1.165, 1.54) is 5.56 Å². The normalized spacial score (nSPS) is 12.4. The molecule has 0 aliphatic heterocycles. The lowest BCUT2D eigenvalue weighted by Crippen LogP contribution is -2.01. The molecule has 1 unspecified atom stereocenters. The van der Waals surface area contributed by atoms with Crippen LogP contribution in [0.15, 0.2) is 36.5 Å². The molecule has 0 spiro atoms. The molecule has 0 radical (unpaired) electrons. The van der Waals surface area contributed by atoms with Crippen LogP contribution in [0.25, 0.3) is 0 Å². The fourth-order valence-corrected chi connectivity index (χ4v) is 1.83. The number of aliphatic hydroxyl groups is 1. The van der Waals surface area contributed by atoms with E-state index in [2.05, 4.69) is 5.10 Å². The summed E-state index contributed by atoms with van der Waals surface area (Å²) in [6, 6.07) is 9.93. The molecule has 102 valence electrons. The molecule has 1 atom stereocenters. The first-order valence-electron chi connectivity index (χ1n) is 6.52. The number of hydrogen-bond acceptors (Lipinski definition) is 3. The predicted octanol–water partition coefficient (Wildman–Crippen LogP) is 2.31. The molecule has 0 saturated heterocycles. The van der Waals surface area contributed by atoms with Gasteiger partial charge in [-0.1, -0.05) is 12.1 Å². The van der Waals surface area contributed by atoms with Crippen molar-refractivity contribution in [2.24, 2.45) is 7.05 Å². The maximum absolute atomic E-state index is 9.25. The molecule has 2 aromatic rings. The quantitative estimate of drug-likeness (QED) is 0.867. The monoisotopic (exact) mass is 260 g/mol. The van der Waals surface area contributed by atoms with E-state index in [9.17, 15) is 5.11 Å². The number of aromatic nitrogens is 2. The second-order valence-corrected chi connectivity index (χ2v) is 4.80. The number of nitrogens with zero attached hydrogens (tertiary/aromatic N) is 2. The highest BCUT2D eigenvalue weighted by Gasteiger charge is 2.01. The summed E-state index contributed by atoms with van der Waals surface area (Å²) in [6.07, 6.45) is 3.32. The van der Waals surface area contributed by atoms with Crippen molar-refractivity contribution in [3.8, 4) is 5.75 Å². The van der Waals surface area contributed by atoms with Crippen LogP contribution < -0.4 is 4.74 Å². The molecule has 19 heavy (non-hydrogen) atoms. The summed E-state index contributed by atoms with van der Waals surface area (Å²) in [5, 5.41) is 13.5. The smallest absolute Gasteiger partial charge is 0.132 e. The number of hydrogen-bond donors (Lipinski definition) is 1. The first-order valence-corrected chi connectivity index (χ1v) is 6.52. The average molecular weight is 260 g/mol. The van der Waals surface area contributed by atoms with E-state index < -0.39 is 0 Å². The second kappa shape index (κ2) is 6.38. The Morgan fingerprint density at radius 3 is 2.58 bits per heavy atom. The van der Waals surface area contributed by atoms with Crippen molar-refractivity contribution in [2.45, 2.75) is 32.5 Å². The Hall–Kier alpha value is -1.81. The molecule has 1 aromatic carbocycles. The van der Waals surface area contributed by atoms with E-state index in [1.54, 1.807) is 4.68 Å². The molecule has 0 saturated carbocycles. The van der Waals surface area contributed by atoms with Gasteiger partial charge in [0.1, 0.15) is 12.4 Å². The van der Waals surface area contributed by atoms with E-state index in [4.69, 9.17) is 4.74 Å². The second-order valence-electron chi connectivity index (χ2n) is 4.80. The highest BCUT2D eigenvalue weighted by molar-refractivity contribution is 5.27. The fourth-order valence-electron chi connectivity index (χ4n) is 1.83. The standard InChI is InChI=1S/C15H20N2O2/c1-12(18)3-4-13-5-7-15(8-6-13)19-11-14-9-10-17(2)16-14/h5-10,12,18H,3-4,11H2,1-2H3. The highest BCUT2D eigenvalue weighted by atomic mass is 16.5. The molecule has 4 heteroatoms. The molecular formula is C15H20N2O2. The van der Waals surface area contributed by atoms with Crippen LogP contribution in [0.3, 0.4) is 0 Å². The van der Waals surface area contributed by atoms with E-state index in [0.29, 0.717) is 6.61 Å². The summed E-state index contributed by atoms with van der Waals surface area (Å²) in [5.41, 5.74) is 2.13. The lowest BCUT2D eigenvalue weighted by Gasteiger charge is -2.07. The van der Waals surface area contributed by atoms with Gasteiger partial charge in [0.2, 0.25) is 0 Å². The maximum atomic E-state index is 9.25. The third-order valence-electron chi connectivity index (χ3n) is 2.93. The van der Waals surface area contributed by atoms with Gasteiger partial charge in [-0.2, -0.15) is 5.10 Å². The lowest BCUT2D eigenvalue weighted by atomic mass is 10.1. The van der Waals surface area contributed by atoms with E-state index in [-0.39, 0.29) is 6.10 Å².